The van der Waals surface area contributed by atoms with Crippen LogP contribution in [0, 0.1) is 109 Å². The van der Waals surface area contributed by atoms with E-state index in [0.29, 0.717) is 36.1 Å². The molecule has 0 saturated heterocycles. The number of anilines is 2. The molecule has 23 nitrogen and oxygen atoms in total. The van der Waals surface area contributed by atoms with Crippen LogP contribution < -0.4 is 20.1 Å². The van der Waals surface area contributed by atoms with E-state index in [9.17, 15) is 9.59 Å². The minimum atomic E-state index is -1.75. The fraction of sp³-hybridized carbons (Fsp3) is 0.385. The predicted molar refractivity (Wildman–Crippen MR) is 169 cm³/mol. The Morgan fingerprint density at radius 1 is 0.600 bits per heavy atom. The second-order valence-electron chi connectivity index (χ2n) is 7.39. The molecule has 1 radical (unpaired) electrons. The zero-order valence-electron chi connectivity index (χ0n) is 27.1. The van der Waals surface area contributed by atoms with Crippen molar-refractivity contribution in [2.75, 3.05) is 64.5 Å². The number of nitrogens with zero attached hydrogens (tertiary/aromatic N) is 5. The van der Waals surface area contributed by atoms with Crippen molar-refractivity contribution in [2.24, 2.45) is 0 Å². The summed E-state index contributed by atoms with van der Waals surface area (Å²) >= 11 is 0. The molecule has 2 aromatic rings. The van der Waals surface area contributed by atoms with Gasteiger partial charge in [-0.25, -0.2) is 0 Å². The Hall–Kier alpha value is -5.21. The van der Waals surface area contributed by atoms with Gasteiger partial charge in [0, 0.05) is 25.2 Å². The molecule has 0 heterocycles. The SMILES string of the molecule is CC#N.CC#N.COc1ccc(NC(=O)COCCOCCOCC(=O)Nc2ccc(OC)cc2)cc1.O=[N+]([O-])[O-].O=[N+]([O-])[O-].O=[N+]([O-])[O-].[Nd+3]. The Bertz CT molecular complexity index is 1160. The Kier molecular flexibility index (Phi) is 43.4. The van der Waals surface area contributed by atoms with E-state index in [-0.39, 0.29) is 79.1 Å². The van der Waals surface area contributed by atoms with E-state index in [4.69, 9.17) is 80.2 Å². The number of carbonyl (C=O) groups excluding carboxylic acids is 2. The molecule has 0 unspecified atom stereocenters. The molecule has 24 heteroatoms. The summed E-state index contributed by atoms with van der Waals surface area (Å²) in [5.41, 5.74) is 1.33. The molecule has 0 saturated carbocycles. The molecular weight excluding hydrogens is 811 g/mol. The number of ether oxygens (including phenoxy) is 5. The molecule has 50 heavy (non-hydrogen) atoms. The molecular formula is C26H34N7NdO16. The molecule has 273 valence electrons. The molecule has 2 N–H and O–H groups in total. The minimum absolute atomic E-state index is 0. The third-order valence-electron chi connectivity index (χ3n) is 3.96. The molecule has 0 aliphatic heterocycles. The average molecular weight is 845 g/mol. The number of nitriles is 2. The molecule has 0 atom stereocenters. The van der Waals surface area contributed by atoms with Crippen LogP contribution in [0.1, 0.15) is 13.8 Å². The zero-order chi connectivity index (χ0) is 38.5. The maximum Gasteiger partial charge on any atom is 3.00 e. The van der Waals surface area contributed by atoms with Crippen LogP contribution in [0.3, 0.4) is 0 Å². The van der Waals surface area contributed by atoms with E-state index in [0.717, 1.165) is 0 Å². The van der Waals surface area contributed by atoms with Gasteiger partial charge < -0.3 is 80.3 Å². The monoisotopic (exact) mass is 842 g/mol. The standard InChI is InChI=1S/C22H28N2O7.2C2H3N.3NO3.Nd/c1-27-19-7-3-17(4-8-19)23-21(25)15-30-13-11-29-12-14-31-16-22(26)24-18-5-9-20(28-2)10-6-18;2*1-2-3;3*2-1(3)4;/h3-10H,11-16H2,1-2H3,(H,23,25)(H,24,26);2*1H3;;;;/q;;;3*-1;+3. The summed E-state index contributed by atoms with van der Waals surface area (Å²) in [6, 6.07) is 17.5. The van der Waals surface area contributed by atoms with Gasteiger partial charge in [0.25, 0.3) is 0 Å². The number of hydrogen-bond acceptors (Lipinski definition) is 18. The minimum Gasteiger partial charge on any atom is -0.497 e. The van der Waals surface area contributed by atoms with Gasteiger partial charge in [-0.1, -0.05) is 0 Å². The summed E-state index contributed by atoms with van der Waals surface area (Å²) in [4.78, 5) is 48.3. The molecule has 2 aromatic carbocycles. The predicted octanol–water partition coefficient (Wildman–Crippen LogP) is 2.67. The third kappa shape index (κ3) is 49.7. The third-order valence-corrected chi connectivity index (χ3v) is 3.96. The molecule has 2 amide bonds. The van der Waals surface area contributed by atoms with E-state index in [2.05, 4.69) is 10.6 Å². The van der Waals surface area contributed by atoms with Crippen LogP contribution in [0.4, 0.5) is 11.4 Å². The summed E-state index contributed by atoms with van der Waals surface area (Å²) in [6.45, 7) is 3.89. The quantitative estimate of drug-likeness (QED) is 0.157. The Morgan fingerprint density at radius 2 is 0.820 bits per heavy atom. The van der Waals surface area contributed by atoms with Gasteiger partial charge in [-0.3, -0.25) is 9.59 Å². The van der Waals surface area contributed by atoms with Crippen LogP contribution in [0.25, 0.3) is 0 Å². The summed E-state index contributed by atoms with van der Waals surface area (Å²) in [5, 5.41) is 64.3. The number of methoxy groups -OCH3 is 2. The van der Waals surface area contributed by atoms with Crippen LogP contribution >= 0.6 is 0 Å². The number of rotatable bonds is 14. The second kappa shape index (κ2) is 40.0. The van der Waals surface area contributed by atoms with E-state index in [1.54, 1.807) is 74.9 Å². The summed E-state index contributed by atoms with van der Waals surface area (Å²) < 4.78 is 26.0. The van der Waals surface area contributed by atoms with E-state index >= 15 is 0 Å². The fourth-order valence-corrected chi connectivity index (χ4v) is 2.41. The molecule has 0 aliphatic rings. The molecule has 0 fully saturated rings. The normalized spacial score (nSPS) is 8.20. The number of amides is 2. The zero-order valence-corrected chi connectivity index (χ0v) is 30.3. The summed E-state index contributed by atoms with van der Waals surface area (Å²) in [5.74, 6) is 0.925. The van der Waals surface area contributed by atoms with Crippen LogP contribution in [0.5, 0.6) is 11.5 Å². The van der Waals surface area contributed by atoms with Crippen molar-refractivity contribution in [2.45, 2.75) is 13.8 Å². The smallest absolute Gasteiger partial charge is 0.497 e. The fourth-order valence-electron chi connectivity index (χ4n) is 2.41. The molecule has 0 spiro atoms. The molecule has 0 bridgehead atoms. The number of benzene rings is 2. The van der Waals surface area contributed by atoms with E-state index in [1.807, 2.05) is 0 Å². The average Bonchev–Trinajstić information content (AvgIpc) is 3.01. The number of carbonyl (C=O) groups is 2. The van der Waals surface area contributed by atoms with Crippen molar-refractivity contribution < 1.29 is 89.4 Å². The number of nitrogens with one attached hydrogen (secondary N) is 2. The molecule has 0 aromatic heterocycles. The Morgan fingerprint density at radius 3 is 1.04 bits per heavy atom. The van der Waals surface area contributed by atoms with Crippen LogP contribution in [-0.4, -0.2) is 80.9 Å². The number of hydrogen-bond donors (Lipinski definition) is 2. The van der Waals surface area contributed by atoms with Crippen molar-refractivity contribution in [1.82, 2.24) is 0 Å². The first-order chi connectivity index (χ1) is 23.1. The Balaban J connectivity index is -0.000000295. The largest absolute Gasteiger partial charge is 3.00 e. The van der Waals surface area contributed by atoms with Gasteiger partial charge in [-0.15, -0.1) is 0 Å². The van der Waals surface area contributed by atoms with E-state index in [1.165, 1.54) is 13.8 Å². The molecule has 2 rings (SSSR count). The van der Waals surface area contributed by atoms with Crippen LogP contribution in [0.15, 0.2) is 48.5 Å². The van der Waals surface area contributed by atoms with Gasteiger partial charge in [0.15, 0.2) is 0 Å². The van der Waals surface area contributed by atoms with Gasteiger partial charge >= 0.3 is 40.8 Å². The summed E-state index contributed by atoms with van der Waals surface area (Å²) in [6.07, 6.45) is 0. The maximum absolute atomic E-state index is 11.8. The summed E-state index contributed by atoms with van der Waals surface area (Å²) in [7, 11) is 3.16. The molecule has 0 aliphatic carbocycles. The van der Waals surface area contributed by atoms with Crippen LogP contribution in [0.2, 0.25) is 0 Å². The Labute approximate surface area is 318 Å². The second-order valence-corrected chi connectivity index (χ2v) is 7.39. The van der Waals surface area contributed by atoms with Gasteiger partial charge in [0.2, 0.25) is 11.8 Å². The first kappa shape index (κ1) is 54.2. The van der Waals surface area contributed by atoms with Crippen molar-refractivity contribution >= 4 is 23.2 Å². The van der Waals surface area contributed by atoms with Gasteiger partial charge in [-0.2, -0.15) is 10.5 Å². The first-order valence-electron chi connectivity index (χ1n) is 12.8. The van der Waals surface area contributed by atoms with Gasteiger partial charge in [0.1, 0.15) is 24.7 Å². The van der Waals surface area contributed by atoms with Gasteiger partial charge in [-0.05, 0) is 48.5 Å². The first-order valence-corrected chi connectivity index (χ1v) is 12.8. The van der Waals surface area contributed by atoms with Gasteiger partial charge in [0.05, 0.1) is 68.0 Å². The van der Waals surface area contributed by atoms with Crippen molar-refractivity contribution in [1.29, 1.82) is 10.5 Å². The topological polar surface area (TPSA) is 351 Å². The van der Waals surface area contributed by atoms with E-state index < -0.39 is 15.3 Å². The van der Waals surface area contributed by atoms with Crippen molar-refractivity contribution in [3.8, 4) is 23.6 Å². The van der Waals surface area contributed by atoms with Crippen molar-refractivity contribution in [3.63, 3.8) is 0 Å². The van der Waals surface area contributed by atoms with Crippen molar-refractivity contribution in [3.05, 3.63) is 94.5 Å². The maximum atomic E-state index is 11.8. The van der Waals surface area contributed by atoms with Crippen LogP contribution in [-0.2, 0) is 23.8 Å².